The number of hydrogen-bond acceptors (Lipinski definition) is 6. The molecular weight excluding hydrogens is 552 g/mol. The standard InChI is InChI=1S/C25H23FIN3O4/c1-3-25(33)16-6-19-22-14(9-30(19)23(31)15(16)10-34-24(25)32)20-12(8-28-27)4-5-13-11(2)17(26)7-18(29-22)21(13)20/h6-8,11-12,17,33H,3-5,9-10H2,1-2H3/t11?,12?,17?,25-/m0/s1. The van der Waals surface area contributed by atoms with Crippen LogP contribution in [0.15, 0.2) is 14.1 Å². The van der Waals surface area contributed by atoms with Crippen molar-refractivity contribution in [2.24, 2.45) is 9.12 Å². The Hall–Kier alpha value is -2.40. The first-order valence-electron chi connectivity index (χ1n) is 11.5. The van der Waals surface area contributed by atoms with E-state index in [2.05, 4.69) is 3.21 Å². The van der Waals surface area contributed by atoms with Gasteiger partial charge < -0.3 is 14.4 Å². The van der Waals surface area contributed by atoms with Crippen molar-refractivity contribution in [1.82, 2.24) is 9.55 Å². The number of fused-ring (bicyclic) bond motifs is 5. The monoisotopic (exact) mass is 575 g/mol. The number of carbonyl (C=O) groups is 1. The number of cyclic esters (lactones) is 1. The molecule has 1 N–H and O–H groups in total. The first-order valence-corrected chi connectivity index (χ1v) is 12.5. The first-order chi connectivity index (χ1) is 16.3. The average molecular weight is 575 g/mol. The van der Waals surface area contributed by atoms with E-state index in [1.807, 2.05) is 36.0 Å². The molecule has 0 radical (unpaired) electrons. The number of aromatic nitrogens is 2. The highest BCUT2D eigenvalue weighted by Gasteiger charge is 2.46. The van der Waals surface area contributed by atoms with Crippen molar-refractivity contribution in [3.05, 3.63) is 49.2 Å². The zero-order valence-corrected chi connectivity index (χ0v) is 20.9. The van der Waals surface area contributed by atoms with E-state index in [9.17, 15) is 19.1 Å². The van der Waals surface area contributed by atoms with Crippen molar-refractivity contribution >= 4 is 46.7 Å². The lowest BCUT2D eigenvalue weighted by atomic mass is 9.76. The van der Waals surface area contributed by atoms with Gasteiger partial charge in [0, 0.05) is 34.4 Å². The molecule has 2 aromatic rings. The summed E-state index contributed by atoms with van der Waals surface area (Å²) in [5, 5.41) is 12.7. The molecule has 3 unspecified atom stereocenters. The van der Waals surface area contributed by atoms with Gasteiger partial charge in [-0.05, 0) is 37.0 Å². The summed E-state index contributed by atoms with van der Waals surface area (Å²) in [6.45, 7) is 3.76. The molecule has 4 aliphatic rings. The highest BCUT2D eigenvalue weighted by molar-refractivity contribution is 14.1. The minimum atomic E-state index is -1.88. The van der Waals surface area contributed by atoms with Crippen LogP contribution in [0.25, 0.3) is 23.0 Å². The van der Waals surface area contributed by atoms with Crippen LogP contribution in [0, 0.1) is 5.92 Å². The summed E-state index contributed by atoms with van der Waals surface area (Å²) in [4.78, 5) is 30.8. The fourth-order valence-corrected chi connectivity index (χ4v) is 6.44. The molecule has 4 atom stereocenters. The molecule has 34 heavy (non-hydrogen) atoms. The number of alkyl halides is 1. The van der Waals surface area contributed by atoms with Crippen LogP contribution < -0.4 is 16.1 Å². The van der Waals surface area contributed by atoms with Gasteiger partial charge in [-0.2, -0.15) is 0 Å². The van der Waals surface area contributed by atoms with Crippen molar-refractivity contribution in [1.29, 1.82) is 0 Å². The van der Waals surface area contributed by atoms with Crippen molar-refractivity contribution in [3.8, 4) is 11.4 Å². The Morgan fingerprint density at radius 3 is 2.94 bits per heavy atom. The van der Waals surface area contributed by atoms with E-state index >= 15 is 0 Å². The quantitative estimate of drug-likeness (QED) is 0.287. The summed E-state index contributed by atoms with van der Waals surface area (Å²) >= 11 is 1.97. The lowest BCUT2D eigenvalue weighted by Crippen LogP contribution is -2.45. The van der Waals surface area contributed by atoms with Crippen molar-refractivity contribution in [2.75, 3.05) is 0 Å². The molecule has 6 rings (SSSR count). The summed E-state index contributed by atoms with van der Waals surface area (Å²) in [5.74, 6) is -0.927. The van der Waals surface area contributed by atoms with Gasteiger partial charge in [0.25, 0.3) is 5.56 Å². The van der Waals surface area contributed by atoms with Gasteiger partial charge in [-0.1, -0.05) is 19.4 Å². The molecule has 0 amide bonds. The van der Waals surface area contributed by atoms with E-state index < -0.39 is 17.7 Å². The molecule has 7 nitrogen and oxygen atoms in total. The van der Waals surface area contributed by atoms with Crippen LogP contribution in [-0.2, 0) is 28.3 Å². The third kappa shape index (κ3) is 2.76. The smallest absolute Gasteiger partial charge is 0.343 e. The second-order valence-electron chi connectivity index (χ2n) is 9.53. The van der Waals surface area contributed by atoms with E-state index in [0.29, 0.717) is 28.8 Å². The number of pyridine rings is 2. The number of halogens is 2. The topological polar surface area (TPSA) is 93.8 Å². The van der Waals surface area contributed by atoms with Gasteiger partial charge in [0.2, 0.25) is 0 Å². The van der Waals surface area contributed by atoms with Gasteiger partial charge in [-0.15, -0.1) is 0 Å². The average Bonchev–Trinajstić information content (AvgIpc) is 3.19. The summed E-state index contributed by atoms with van der Waals surface area (Å²) < 4.78 is 26.0. The molecule has 176 valence electrons. The molecule has 0 saturated carbocycles. The Morgan fingerprint density at radius 2 is 2.21 bits per heavy atom. The fourth-order valence-electron chi connectivity index (χ4n) is 6.05. The highest BCUT2D eigenvalue weighted by Crippen LogP contribution is 2.41. The predicted octanol–water partition coefficient (Wildman–Crippen LogP) is 2.14. The molecule has 4 heterocycles. The van der Waals surface area contributed by atoms with Crippen molar-refractivity contribution < 1.29 is 19.0 Å². The van der Waals surface area contributed by atoms with Gasteiger partial charge in [-0.3, -0.25) is 4.79 Å². The lowest BCUT2D eigenvalue weighted by Gasteiger charge is -2.31. The van der Waals surface area contributed by atoms with E-state index in [0.717, 1.165) is 34.8 Å². The zero-order chi connectivity index (χ0) is 23.9. The van der Waals surface area contributed by atoms with Crippen LogP contribution in [0.4, 0.5) is 4.39 Å². The molecule has 2 aliphatic heterocycles. The Balaban J connectivity index is 1.70. The van der Waals surface area contributed by atoms with Gasteiger partial charge in [0.15, 0.2) is 5.60 Å². The second-order valence-corrected chi connectivity index (χ2v) is 10.1. The van der Waals surface area contributed by atoms with Gasteiger partial charge in [0.05, 0.1) is 51.7 Å². The predicted molar refractivity (Wildman–Crippen MR) is 133 cm³/mol. The summed E-state index contributed by atoms with van der Waals surface area (Å²) in [6.07, 6.45) is 4.06. The van der Waals surface area contributed by atoms with Crippen molar-refractivity contribution in [2.45, 2.75) is 64.0 Å². The lowest BCUT2D eigenvalue weighted by molar-refractivity contribution is -0.172. The number of carbonyl (C=O) groups excluding carboxylic acids is 1. The molecular formula is C25H23FIN3O4. The van der Waals surface area contributed by atoms with Crippen LogP contribution in [0.3, 0.4) is 0 Å². The fraction of sp³-hybridized carbons (Fsp3) is 0.440. The number of aliphatic hydroxyl groups is 1. The maximum atomic E-state index is 14.9. The molecule has 2 aromatic heterocycles. The maximum absolute atomic E-state index is 14.9. The van der Waals surface area contributed by atoms with E-state index in [4.69, 9.17) is 9.72 Å². The molecule has 0 bridgehead atoms. The number of ether oxygens (including phenoxy) is 1. The molecule has 0 spiro atoms. The van der Waals surface area contributed by atoms with Crippen molar-refractivity contribution in [3.63, 3.8) is 0 Å². The number of nitrogens with zero attached hydrogens (tertiary/aromatic N) is 3. The minimum absolute atomic E-state index is 0.0417. The van der Waals surface area contributed by atoms with E-state index in [1.165, 1.54) is 0 Å². The molecule has 0 fully saturated rings. The van der Waals surface area contributed by atoms with Crippen LogP contribution in [-0.4, -0.2) is 33.0 Å². The van der Waals surface area contributed by atoms with Gasteiger partial charge in [-0.25, -0.2) is 17.4 Å². The third-order valence-corrected chi connectivity index (χ3v) is 8.29. The number of esters is 1. The van der Waals surface area contributed by atoms with Crippen LogP contribution in [0.1, 0.15) is 61.3 Å². The molecule has 0 saturated heterocycles. The minimum Gasteiger partial charge on any atom is -0.458 e. The Morgan fingerprint density at radius 1 is 1.41 bits per heavy atom. The normalized spacial score (nSPS) is 28.7. The second kappa shape index (κ2) is 7.55. The summed E-state index contributed by atoms with van der Waals surface area (Å²) in [6, 6.07) is 1.70. The summed E-state index contributed by atoms with van der Waals surface area (Å²) in [5.41, 5.74) is 2.62. The molecule has 9 heteroatoms. The maximum Gasteiger partial charge on any atom is 0.343 e. The number of rotatable bonds is 2. The van der Waals surface area contributed by atoms with Crippen LogP contribution in [0.2, 0.25) is 0 Å². The molecule has 2 aliphatic carbocycles. The van der Waals surface area contributed by atoms with Crippen LogP contribution in [0.5, 0.6) is 0 Å². The summed E-state index contributed by atoms with van der Waals surface area (Å²) in [7, 11) is 0. The Kier molecular flexibility index (Phi) is 4.90. The first kappa shape index (κ1) is 22.1. The highest BCUT2D eigenvalue weighted by atomic mass is 127. The Labute approximate surface area is 208 Å². The number of hydrogen-bond donors (Lipinski definition) is 1. The molecule has 0 aromatic carbocycles. The SMILES string of the molecule is CC[C@@]1(O)C(=O)OCc2c1cc1n(c2=O)Cc2c-1nc1c3c2C(C=NI)CCC=3C(C)C(F)C=1. The largest absolute Gasteiger partial charge is 0.458 e. The van der Waals surface area contributed by atoms with E-state index in [1.54, 1.807) is 23.6 Å². The van der Waals surface area contributed by atoms with Gasteiger partial charge in [0.1, 0.15) is 12.8 Å². The zero-order valence-electron chi connectivity index (χ0n) is 18.8. The Bertz CT molecular complexity index is 1500. The van der Waals surface area contributed by atoms with Crippen LogP contribution >= 0.6 is 22.9 Å². The van der Waals surface area contributed by atoms with E-state index in [-0.39, 0.29) is 36.0 Å². The third-order valence-electron chi connectivity index (χ3n) is 7.97. The van der Waals surface area contributed by atoms with Gasteiger partial charge >= 0.3 is 5.97 Å².